The van der Waals surface area contributed by atoms with E-state index in [9.17, 15) is 4.79 Å². The van der Waals surface area contributed by atoms with Crippen LogP contribution in [0.15, 0.2) is 24.3 Å². The zero-order valence-electron chi connectivity index (χ0n) is 9.34. The first-order chi connectivity index (χ1) is 7.70. The molecule has 0 unspecified atom stereocenters. The van der Waals surface area contributed by atoms with E-state index in [1.165, 1.54) is 6.07 Å². The van der Waals surface area contributed by atoms with Crippen molar-refractivity contribution in [2.45, 2.75) is 13.8 Å². The van der Waals surface area contributed by atoms with Gasteiger partial charge in [-0.3, -0.25) is 0 Å². The number of nitrogens with zero attached hydrogens (tertiary/aromatic N) is 1. The second-order valence-corrected chi connectivity index (χ2v) is 2.91. The molecule has 0 saturated carbocycles. The van der Waals surface area contributed by atoms with Gasteiger partial charge in [-0.25, -0.2) is 14.5 Å². The lowest BCUT2D eigenvalue weighted by Crippen LogP contribution is -2.25. The van der Waals surface area contributed by atoms with E-state index in [1.54, 1.807) is 32.0 Å². The normalized spacial score (nSPS) is 10.1. The van der Waals surface area contributed by atoms with Crippen molar-refractivity contribution in [1.29, 1.82) is 0 Å². The summed E-state index contributed by atoms with van der Waals surface area (Å²) < 4.78 is 0. The zero-order valence-corrected chi connectivity index (χ0v) is 9.34. The number of anilines is 1. The Kier molecular flexibility index (Phi) is 4.75. The van der Waals surface area contributed by atoms with Crippen LogP contribution in [0.3, 0.4) is 0 Å². The molecule has 0 heterocycles. The monoisotopic (exact) mass is 225 g/mol. The van der Waals surface area contributed by atoms with Crippen LogP contribution in [0.2, 0.25) is 0 Å². The summed E-state index contributed by atoms with van der Waals surface area (Å²) in [5, 5.41) is 10.2. The highest BCUT2D eigenvalue weighted by Gasteiger charge is 2.16. The van der Waals surface area contributed by atoms with Gasteiger partial charge in [0.15, 0.2) is 0 Å². The van der Waals surface area contributed by atoms with Crippen LogP contribution < -0.4 is 5.23 Å². The van der Waals surface area contributed by atoms with Crippen LogP contribution in [0.4, 0.5) is 5.69 Å². The number of rotatable bonds is 6. The van der Waals surface area contributed by atoms with E-state index in [-0.39, 0.29) is 5.56 Å². The fourth-order valence-electron chi connectivity index (χ4n) is 1.22. The van der Waals surface area contributed by atoms with Crippen molar-refractivity contribution < 1.29 is 19.6 Å². The lowest BCUT2D eigenvalue weighted by Gasteiger charge is -2.22. The maximum Gasteiger partial charge on any atom is 0.337 e. The van der Waals surface area contributed by atoms with Crippen molar-refractivity contribution in [2.75, 3.05) is 18.4 Å². The molecule has 16 heavy (non-hydrogen) atoms. The number of benzene rings is 1. The molecule has 0 fully saturated rings. The summed E-state index contributed by atoms with van der Waals surface area (Å²) >= 11 is 0. The average Bonchev–Trinajstić information content (AvgIpc) is 2.29. The summed E-state index contributed by atoms with van der Waals surface area (Å²) in [7, 11) is 0. The molecule has 5 heteroatoms. The third-order valence-corrected chi connectivity index (χ3v) is 1.82. The standard InChI is InChI=1S/C11H15NO4/c1-3-15-12(16-4-2)10-8-6-5-7-9(10)11(13)14/h5-8H,3-4H2,1-2H3,(H,13,14). The highest BCUT2D eigenvalue weighted by molar-refractivity contribution is 5.93. The second-order valence-electron chi connectivity index (χ2n) is 2.91. The molecule has 1 aromatic carbocycles. The Bertz CT molecular complexity index is 348. The van der Waals surface area contributed by atoms with Gasteiger partial charge in [0.05, 0.1) is 18.8 Å². The molecule has 0 aliphatic heterocycles. The van der Waals surface area contributed by atoms with Gasteiger partial charge in [0.1, 0.15) is 5.69 Å². The first kappa shape index (κ1) is 12.5. The van der Waals surface area contributed by atoms with Gasteiger partial charge in [0.2, 0.25) is 0 Å². The molecule has 1 rings (SSSR count). The van der Waals surface area contributed by atoms with Crippen molar-refractivity contribution >= 4 is 11.7 Å². The number of carboxylic acid groups (broad SMARTS) is 1. The fourth-order valence-corrected chi connectivity index (χ4v) is 1.22. The highest BCUT2D eigenvalue weighted by atomic mass is 16.9. The van der Waals surface area contributed by atoms with Gasteiger partial charge in [-0.2, -0.15) is 0 Å². The average molecular weight is 225 g/mol. The van der Waals surface area contributed by atoms with E-state index in [2.05, 4.69) is 0 Å². The lowest BCUT2D eigenvalue weighted by atomic mass is 10.2. The molecule has 0 bridgehead atoms. The molecule has 0 atom stereocenters. The number of hydrogen-bond donors (Lipinski definition) is 1. The highest BCUT2D eigenvalue weighted by Crippen LogP contribution is 2.21. The fraction of sp³-hybridized carbons (Fsp3) is 0.364. The van der Waals surface area contributed by atoms with Gasteiger partial charge in [-0.1, -0.05) is 12.1 Å². The van der Waals surface area contributed by atoms with Gasteiger partial charge >= 0.3 is 5.97 Å². The summed E-state index contributed by atoms with van der Waals surface area (Å²) in [4.78, 5) is 21.4. The minimum absolute atomic E-state index is 0.143. The maximum absolute atomic E-state index is 11.0. The summed E-state index contributed by atoms with van der Waals surface area (Å²) in [5.41, 5.74) is 0.531. The second kappa shape index (κ2) is 6.09. The van der Waals surface area contributed by atoms with Crippen LogP contribution >= 0.6 is 0 Å². The maximum atomic E-state index is 11.0. The molecule has 5 nitrogen and oxygen atoms in total. The van der Waals surface area contributed by atoms with Crippen LogP contribution in [0.25, 0.3) is 0 Å². The number of para-hydroxylation sites is 1. The van der Waals surface area contributed by atoms with E-state index in [1.807, 2.05) is 0 Å². The Morgan fingerprint density at radius 1 is 1.25 bits per heavy atom. The van der Waals surface area contributed by atoms with Crippen molar-refractivity contribution in [3.63, 3.8) is 0 Å². The Morgan fingerprint density at radius 3 is 2.31 bits per heavy atom. The molecule has 0 aliphatic rings. The van der Waals surface area contributed by atoms with Crippen molar-refractivity contribution in [3.05, 3.63) is 29.8 Å². The van der Waals surface area contributed by atoms with Crippen LogP contribution in [0, 0.1) is 0 Å². The minimum Gasteiger partial charge on any atom is -0.478 e. The summed E-state index contributed by atoms with van der Waals surface area (Å²) in [6.45, 7) is 4.40. The summed E-state index contributed by atoms with van der Waals surface area (Å²) in [6, 6.07) is 6.52. The largest absolute Gasteiger partial charge is 0.478 e. The van der Waals surface area contributed by atoms with Crippen molar-refractivity contribution in [2.24, 2.45) is 0 Å². The Hall–Kier alpha value is -1.59. The van der Waals surface area contributed by atoms with E-state index in [4.69, 9.17) is 14.8 Å². The Labute approximate surface area is 94.1 Å². The lowest BCUT2D eigenvalue weighted by molar-refractivity contribution is -0.0820. The van der Waals surface area contributed by atoms with Crippen LogP contribution in [0.1, 0.15) is 24.2 Å². The first-order valence-electron chi connectivity index (χ1n) is 5.09. The zero-order chi connectivity index (χ0) is 12.0. The summed E-state index contributed by atoms with van der Waals surface area (Å²) in [6.07, 6.45) is 0. The topological polar surface area (TPSA) is 59.0 Å². The van der Waals surface area contributed by atoms with Crippen molar-refractivity contribution in [1.82, 2.24) is 0 Å². The van der Waals surface area contributed by atoms with E-state index >= 15 is 0 Å². The number of carboxylic acids is 1. The Morgan fingerprint density at radius 2 is 1.81 bits per heavy atom. The van der Waals surface area contributed by atoms with E-state index in [0.717, 1.165) is 5.23 Å². The molecule has 0 radical (unpaired) electrons. The summed E-state index contributed by atoms with van der Waals surface area (Å²) in [5.74, 6) is -1.01. The van der Waals surface area contributed by atoms with Crippen LogP contribution in [0.5, 0.6) is 0 Å². The molecule has 88 valence electrons. The molecule has 1 N–H and O–H groups in total. The van der Waals surface area contributed by atoms with E-state index in [0.29, 0.717) is 18.9 Å². The van der Waals surface area contributed by atoms with Gasteiger partial charge in [-0.05, 0) is 26.0 Å². The van der Waals surface area contributed by atoms with Gasteiger partial charge in [0, 0.05) is 0 Å². The van der Waals surface area contributed by atoms with Crippen LogP contribution in [-0.4, -0.2) is 24.3 Å². The number of hydrogen-bond acceptors (Lipinski definition) is 4. The predicted molar refractivity (Wildman–Crippen MR) is 59.1 cm³/mol. The number of carbonyl (C=O) groups is 1. The van der Waals surface area contributed by atoms with Gasteiger partial charge in [0.25, 0.3) is 0 Å². The molecular formula is C11H15NO4. The molecule has 0 amide bonds. The predicted octanol–water partition coefficient (Wildman–Crippen LogP) is 2.09. The Balaban J connectivity index is 3.02. The van der Waals surface area contributed by atoms with Gasteiger partial charge in [-0.15, -0.1) is 5.23 Å². The molecule has 0 aromatic heterocycles. The molecular weight excluding hydrogens is 210 g/mol. The molecule has 1 aromatic rings. The van der Waals surface area contributed by atoms with Crippen LogP contribution in [-0.2, 0) is 9.68 Å². The van der Waals surface area contributed by atoms with Gasteiger partial charge < -0.3 is 5.11 Å². The first-order valence-corrected chi connectivity index (χ1v) is 5.09. The quantitative estimate of drug-likeness (QED) is 0.751. The third-order valence-electron chi connectivity index (χ3n) is 1.82. The third kappa shape index (κ3) is 2.95. The SMILES string of the molecule is CCON(OCC)c1ccccc1C(=O)O. The molecule has 0 saturated heterocycles. The minimum atomic E-state index is -1.01. The van der Waals surface area contributed by atoms with Crippen molar-refractivity contribution in [3.8, 4) is 0 Å². The smallest absolute Gasteiger partial charge is 0.337 e. The molecule has 0 aliphatic carbocycles. The number of aromatic carboxylic acids is 1. The van der Waals surface area contributed by atoms with E-state index < -0.39 is 5.97 Å². The molecule has 0 spiro atoms.